The molecule has 1 amide bonds. The summed E-state index contributed by atoms with van der Waals surface area (Å²) >= 11 is 1.44. The maximum atomic E-state index is 13.2. The second kappa shape index (κ2) is 10.0. The Balaban J connectivity index is 1.42. The minimum absolute atomic E-state index is 0.174. The zero-order chi connectivity index (χ0) is 25.3. The van der Waals surface area contributed by atoms with Crippen molar-refractivity contribution in [2.75, 3.05) is 13.7 Å². The third-order valence-electron chi connectivity index (χ3n) is 6.37. The Bertz CT molecular complexity index is 1600. The Morgan fingerprint density at radius 2 is 1.81 bits per heavy atom. The number of sulfonamides is 1. The number of methoxy groups -OCH3 is 1. The number of nitrogens with zero attached hydrogens (tertiary/aromatic N) is 3. The van der Waals surface area contributed by atoms with Gasteiger partial charge in [0.1, 0.15) is 5.75 Å². The number of fused-ring (bicyclic) bond motifs is 2. The Hall–Kier alpha value is -3.27. The summed E-state index contributed by atoms with van der Waals surface area (Å²) in [5.74, 6) is 0.339. The topological polar surface area (TPSA) is 81.0 Å². The first-order valence-corrected chi connectivity index (χ1v) is 14.1. The fourth-order valence-electron chi connectivity index (χ4n) is 4.45. The summed E-state index contributed by atoms with van der Waals surface area (Å²) in [5.41, 5.74) is 3.53. The highest BCUT2D eigenvalue weighted by Gasteiger charge is 2.28. The van der Waals surface area contributed by atoms with Gasteiger partial charge in [-0.2, -0.15) is 9.30 Å². The van der Waals surface area contributed by atoms with Crippen molar-refractivity contribution in [2.45, 2.75) is 37.8 Å². The van der Waals surface area contributed by atoms with Crippen LogP contribution in [-0.4, -0.2) is 36.9 Å². The molecule has 5 rings (SSSR count). The summed E-state index contributed by atoms with van der Waals surface area (Å²) < 4.78 is 36.4. The molecule has 1 aliphatic rings. The van der Waals surface area contributed by atoms with E-state index >= 15 is 0 Å². The molecule has 0 radical (unpaired) electrons. The number of hydrogen-bond acceptors (Lipinski definition) is 5. The Kier molecular flexibility index (Phi) is 6.79. The zero-order valence-corrected chi connectivity index (χ0v) is 21.8. The van der Waals surface area contributed by atoms with E-state index in [0.717, 1.165) is 34.5 Å². The van der Waals surface area contributed by atoms with E-state index < -0.39 is 15.9 Å². The van der Waals surface area contributed by atoms with E-state index in [1.807, 2.05) is 47.0 Å². The van der Waals surface area contributed by atoms with E-state index in [1.54, 1.807) is 7.11 Å². The summed E-state index contributed by atoms with van der Waals surface area (Å²) in [6, 6.07) is 19.8. The van der Waals surface area contributed by atoms with Gasteiger partial charge in [-0.05, 0) is 60.4 Å². The highest BCUT2D eigenvalue weighted by Crippen LogP contribution is 2.26. The number of carbonyl (C=O) groups excluding carboxylic acids is 1. The van der Waals surface area contributed by atoms with Crippen LogP contribution in [0.4, 0.5) is 0 Å². The van der Waals surface area contributed by atoms with Crippen LogP contribution in [0.2, 0.25) is 0 Å². The van der Waals surface area contributed by atoms with Crippen LogP contribution in [0.1, 0.15) is 34.8 Å². The quantitative estimate of drug-likeness (QED) is 0.371. The highest BCUT2D eigenvalue weighted by atomic mass is 32.2. The van der Waals surface area contributed by atoms with Crippen LogP contribution >= 0.6 is 11.3 Å². The summed E-state index contributed by atoms with van der Waals surface area (Å²) in [6.45, 7) is 3.57. The maximum Gasteiger partial charge on any atom is 0.279 e. The molecule has 0 bridgehead atoms. The molecular weight excluding hydrogens is 494 g/mol. The Labute approximate surface area is 214 Å². The fraction of sp³-hybridized carbons (Fsp3) is 0.259. The molecule has 4 aromatic rings. The molecule has 0 spiro atoms. The second-order valence-electron chi connectivity index (χ2n) is 8.67. The summed E-state index contributed by atoms with van der Waals surface area (Å²) in [6.07, 6.45) is 1.57. The van der Waals surface area contributed by atoms with Gasteiger partial charge in [-0.15, -0.1) is 0 Å². The summed E-state index contributed by atoms with van der Waals surface area (Å²) in [4.78, 5) is 18.2. The SMILES string of the molecule is CCCn1c(=NC(=O)c2ccc(S(=O)(=O)N3CCc4ccccc4C3)cc2)sc2ccc(OC)cc21. The predicted octanol–water partition coefficient (Wildman–Crippen LogP) is 4.61. The van der Waals surface area contributed by atoms with E-state index in [0.29, 0.717) is 29.9 Å². The molecule has 0 saturated heterocycles. The smallest absolute Gasteiger partial charge is 0.279 e. The van der Waals surface area contributed by atoms with Crippen LogP contribution in [0, 0.1) is 0 Å². The van der Waals surface area contributed by atoms with E-state index in [4.69, 9.17) is 4.74 Å². The number of amides is 1. The highest BCUT2D eigenvalue weighted by molar-refractivity contribution is 7.89. The number of hydrogen-bond donors (Lipinski definition) is 0. The lowest BCUT2D eigenvalue weighted by Crippen LogP contribution is -2.35. The molecule has 0 unspecified atom stereocenters. The summed E-state index contributed by atoms with van der Waals surface area (Å²) in [5, 5.41) is 0. The van der Waals surface area contributed by atoms with Crippen molar-refractivity contribution in [1.29, 1.82) is 0 Å². The van der Waals surface area contributed by atoms with Crippen LogP contribution < -0.4 is 9.54 Å². The molecule has 2 heterocycles. The molecule has 0 saturated carbocycles. The van der Waals surface area contributed by atoms with Crippen LogP contribution in [0.3, 0.4) is 0 Å². The number of aryl methyl sites for hydroxylation is 1. The van der Waals surface area contributed by atoms with Gasteiger partial charge in [0.15, 0.2) is 4.80 Å². The van der Waals surface area contributed by atoms with E-state index in [1.165, 1.54) is 45.5 Å². The van der Waals surface area contributed by atoms with Gasteiger partial charge in [0.2, 0.25) is 10.0 Å². The van der Waals surface area contributed by atoms with Crippen molar-refractivity contribution in [3.05, 3.63) is 88.2 Å². The molecule has 1 aliphatic heterocycles. The molecule has 36 heavy (non-hydrogen) atoms. The lowest BCUT2D eigenvalue weighted by Gasteiger charge is -2.28. The minimum Gasteiger partial charge on any atom is -0.497 e. The molecular formula is C27H27N3O4S2. The number of carbonyl (C=O) groups is 1. The number of aromatic nitrogens is 1. The predicted molar refractivity (Wildman–Crippen MR) is 141 cm³/mol. The second-order valence-corrected chi connectivity index (χ2v) is 11.6. The van der Waals surface area contributed by atoms with Crippen molar-refractivity contribution >= 4 is 37.5 Å². The van der Waals surface area contributed by atoms with Gasteiger partial charge in [0, 0.05) is 31.3 Å². The largest absolute Gasteiger partial charge is 0.497 e. The van der Waals surface area contributed by atoms with E-state index in [2.05, 4.69) is 11.9 Å². The molecule has 0 aliphatic carbocycles. The lowest BCUT2D eigenvalue weighted by atomic mass is 10.0. The van der Waals surface area contributed by atoms with Crippen LogP contribution in [0.25, 0.3) is 10.2 Å². The molecule has 9 heteroatoms. The van der Waals surface area contributed by atoms with Gasteiger partial charge in [-0.3, -0.25) is 4.79 Å². The first-order chi connectivity index (χ1) is 17.4. The van der Waals surface area contributed by atoms with Gasteiger partial charge in [-0.1, -0.05) is 42.5 Å². The van der Waals surface area contributed by atoms with Crippen molar-refractivity contribution in [1.82, 2.24) is 8.87 Å². The van der Waals surface area contributed by atoms with Gasteiger partial charge < -0.3 is 9.30 Å². The standard InChI is InChI=1S/C27H27N3O4S2/c1-3-15-30-24-17-22(34-2)10-13-25(24)35-27(30)28-26(31)20-8-11-23(12-9-20)36(32,33)29-16-14-19-6-4-5-7-21(19)18-29/h4-13,17H,3,14-16,18H2,1-2H3. The van der Waals surface area contributed by atoms with Gasteiger partial charge in [-0.25, -0.2) is 8.42 Å². The molecule has 1 aromatic heterocycles. The van der Waals surface area contributed by atoms with Crippen molar-refractivity contribution in [3.8, 4) is 5.75 Å². The Morgan fingerprint density at radius 1 is 1.06 bits per heavy atom. The molecule has 7 nitrogen and oxygen atoms in total. The van der Waals surface area contributed by atoms with E-state index in [9.17, 15) is 13.2 Å². The molecule has 186 valence electrons. The average molecular weight is 522 g/mol. The van der Waals surface area contributed by atoms with E-state index in [-0.39, 0.29) is 4.90 Å². The average Bonchev–Trinajstić information content (AvgIpc) is 3.24. The first kappa shape index (κ1) is 24.4. The lowest BCUT2D eigenvalue weighted by molar-refractivity contribution is 0.0997. The van der Waals surface area contributed by atoms with Gasteiger partial charge in [0.05, 0.1) is 22.2 Å². The monoisotopic (exact) mass is 521 g/mol. The van der Waals surface area contributed by atoms with Crippen LogP contribution in [-0.2, 0) is 29.5 Å². The van der Waals surface area contributed by atoms with Crippen molar-refractivity contribution in [3.63, 3.8) is 0 Å². The first-order valence-electron chi connectivity index (χ1n) is 11.8. The van der Waals surface area contributed by atoms with Crippen LogP contribution in [0.5, 0.6) is 5.75 Å². The van der Waals surface area contributed by atoms with Crippen molar-refractivity contribution < 1.29 is 17.9 Å². The fourth-order valence-corrected chi connectivity index (χ4v) is 6.90. The van der Waals surface area contributed by atoms with Gasteiger partial charge >= 0.3 is 0 Å². The summed E-state index contributed by atoms with van der Waals surface area (Å²) in [7, 11) is -2.04. The number of benzene rings is 3. The maximum absolute atomic E-state index is 13.2. The van der Waals surface area contributed by atoms with Crippen LogP contribution in [0.15, 0.2) is 76.6 Å². The number of ether oxygens (including phenoxy) is 1. The van der Waals surface area contributed by atoms with Crippen molar-refractivity contribution in [2.24, 2.45) is 4.99 Å². The third-order valence-corrected chi connectivity index (χ3v) is 9.29. The van der Waals surface area contributed by atoms with Gasteiger partial charge in [0.25, 0.3) is 5.91 Å². The molecule has 0 N–H and O–H groups in total. The zero-order valence-electron chi connectivity index (χ0n) is 20.2. The molecule has 0 fully saturated rings. The minimum atomic E-state index is -3.67. The molecule has 3 aromatic carbocycles. The third kappa shape index (κ3) is 4.61. The Morgan fingerprint density at radius 3 is 2.53 bits per heavy atom. The normalized spacial score (nSPS) is 14.7. The number of thiazole rings is 1. The number of rotatable bonds is 6. The molecule has 0 atom stereocenters.